The van der Waals surface area contributed by atoms with Gasteiger partial charge in [-0.3, -0.25) is 9.89 Å². The molecule has 0 bridgehead atoms. The van der Waals surface area contributed by atoms with E-state index in [2.05, 4.69) is 43.7 Å². The highest BCUT2D eigenvalue weighted by molar-refractivity contribution is 5.95. The van der Waals surface area contributed by atoms with E-state index in [1.165, 1.54) is 6.33 Å². The molecule has 2 N–H and O–H groups in total. The Labute approximate surface area is 191 Å². The minimum atomic E-state index is -0.0250. The highest BCUT2D eigenvalue weighted by atomic mass is 16.5. The monoisotopic (exact) mass is 437 g/mol. The van der Waals surface area contributed by atoms with Crippen LogP contribution in [0.4, 0.5) is 11.5 Å². The molecule has 5 rings (SSSR count). The molecule has 1 unspecified atom stereocenters. The fraction of sp³-hybridized carbons (Fsp3) is 0.154. The van der Waals surface area contributed by atoms with Gasteiger partial charge in [0.2, 0.25) is 0 Å². The number of nitrogens with zero attached hydrogens (tertiary/aromatic N) is 3. The zero-order valence-electron chi connectivity index (χ0n) is 18.4. The van der Waals surface area contributed by atoms with Gasteiger partial charge in [-0.15, -0.1) is 0 Å². The van der Waals surface area contributed by atoms with Crippen molar-refractivity contribution >= 4 is 28.3 Å². The lowest BCUT2D eigenvalue weighted by atomic mass is 9.89. The first kappa shape index (κ1) is 20.6. The molecular formula is C26H23N5O2. The molecule has 4 aromatic rings. The van der Waals surface area contributed by atoms with E-state index in [1.54, 1.807) is 14.0 Å². The molecule has 0 saturated carbocycles. The predicted molar refractivity (Wildman–Crippen MR) is 129 cm³/mol. The summed E-state index contributed by atoms with van der Waals surface area (Å²) in [7, 11) is 1.64. The molecule has 0 amide bonds. The van der Waals surface area contributed by atoms with Crippen molar-refractivity contribution in [3.8, 4) is 16.9 Å². The van der Waals surface area contributed by atoms with Gasteiger partial charge in [0, 0.05) is 5.92 Å². The lowest BCUT2D eigenvalue weighted by molar-refractivity contribution is -0.113. The first-order valence-electron chi connectivity index (χ1n) is 10.7. The Bertz CT molecular complexity index is 1390. The van der Waals surface area contributed by atoms with Crippen molar-refractivity contribution in [2.24, 2.45) is 0 Å². The van der Waals surface area contributed by atoms with E-state index in [-0.39, 0.29) is 11.7 Å². The minimum Gasteiger partial charge on any atom is -0.495 e. The van der Waals surface area contributed by atoms with Gasteiger partial charge in [0.05, 0.1) is 23.9 Å². The summed E-state index contributed by atoms with van der Waals surface area (Å²) in [5.74, 6) is 1.37. The number of ether oxygens (including phenoxy) is 1. The third kappa shape index (κ3) is 4.01. The van der Waals surface area contributed by atoms with Crippen LogP contribution in [0.1, 0.15) is 25.0 Å². The van der Waals surface area contributed by atoms with Crippen molar-refractivity contribution in [3.63, 3.8) is 0 Å². The number of nitrogens with one attached hydrogen (secondary N) is 2. The van der Waals surface area contributed by atoms with Crippen LogP contribution in [0, 0.1) is 0 Å². The molecule has 0 fully saturated rings. The lowest BCUT2D eigenvalue weighted by Gasteiger charge is -2.17. The molecule has 7 heteroatoms. The second kappa shape index (κ2) is 8.70. The molecule has 2 heterocycles. The van der Waals surface area contributed by atoms with Gasteiger partial charge < -0.3 is 10.1 Å². The average molecular weight is 438 g/mol. The van der Waals surface area contributed by atoms with Gasteiger partial charge in [0.25, 0.3) is 0 Å². The summed E-state index contributed by atoms with van der Waals surface area (Å²) in [6, 6.07) is 16.2. The van der Waals surface area contributed by atoms with Crippen LogP contribution in [-0.4, -0.2) is 33.1 Å². The minimum absolute atomic E-state index is 0.0250. The van der Waals surface area contributed by atoms with Gasteiger partial charge in [-0.25, -0.2) is 9.97 Å². The summed E-state index contributed by atoms with van der Waals surface area (Å²) in [4.78, 5) is 20.8. The first-order chi connectivity index (χ1) is 16.1. The molecule has 1 aliphatic carbocycles. The number of Topliss-reactive ketones (excluding diaryl/α,β-unsaturated/α-hetero) is 1. The number of fused-ring (bicyclic) bond motifs is 1. The van der Waals surface area contributed by atoms with E-state index in [0.29, 0.717) is 23.6 Å². The number of hydrogen-bond donors (Lipinski definition) is 2. The van der Waals surface area contributed by atoms with E-state index in [0.717, 1.165) is 33.5 Å². The molecule has 164 valence electrons. The molecule has 33 heavy (non-hydrogen) atoms. The maximum absolute atomic E-state index is 11.9. The topological polar surface area (TPSA) is 92.8 Å². The Morgan fingerprint density at radius 2 is 1.97 bits per heavy atom. The molecule has 7 nitrogen and oxygen atoms in total. The second-order valence-electron chi connectivity index (χ2n) is 7.91. The number of H-pyrrole nitrogens is 1. The summed E-state index contributed by atoms with van der Waals surface area (Å²) in [6.45, 7) is 1.59. The fourth-order valence-corrected chi connectivity index (χ4v) is 4.12. The first-order valence-corrected chi connectivity index (χ1v) is 10.7. The number of anilines is 2. The highest BCUT2D eigenvalue weighted by Gasteiger charge is 2.23. The summed E-state index contributed by atoms with van der Waals surface area (Å²) in [6.07, 6.45) is 7.94. The largest absolute Gasteiger partial charge is 0.495 e. The second-order valence-corrected chi connectivity index (χ2v) is 7.91. The van der Waals surface area contributed by atoms with Crippen molar-refractivity contribution in [2.75, 3.05) is 12.4 Å². The zero-order chi connectivity index (χ0) is 22.8. The van der Waals surface area contributed by atoms with Gasteiger partial charge in [-0.2, -0.15) is 5.10 Å². The fourth-order valence-electron chi connectivity index (χ4n) is 4.12. The van der Waals surface area contributed by atoms with E-state index in [9.17, 15) is 4.79 Å². The normalized spacial score (nSPS) is 15.3. The number of carbonyl (C=O) groups excluding carboxylic acids is 1. The van der Waals surface area contributed by atoms with Gasteiger partial charge >= 0.3 is 0 Å². The number of allylic oxidation sites excluding steroid dienone is 4. The Morgan fingerprint density at radius 1 is 1.12 bits per heavy atom. The van der Waals surface area contributed by atoms with E-state index in [4.69, 9.17) is 4.74 Å². The quantitative estimate of drug-likeness (QED) is 0.423. The van der Waals surface area contributed by atoms with Crippen LogP contribution >= 0.6 is 0 Å². The van der Waals surface area contributed by atoms with Crippen LogP contribution in [0.2, 0.25) is 0 Å². The predicted octanol–water partition coefficient (Wildman–Crippen LogP) is 5.33. The highest BCUT2D eigenvalue weighted by Crippen LogP contribution is 2.37. The van der Waals surface area contributed by atoms with E-state index < -0.39 is 0 Å². The van der Waals surface area contributed by atoms with Crippen molar-refractivity contribution in [3.05, 3.63) is 84.4 Å². The van der Waals surface area contributed by atoms with Crippen molar-refractivity contribution < 1.29 is 9.53 Å². The van der Waals surface area contributed by atoms with Crippen LogP contribution in [0.5, 0.6) is 5.75 Å². The molecule has 0 radical (unpaired) electrons. The molecule has 0 spiro atoms. The van der Waals surface area contributed by atoms with Crippen LogP contribution in [0.25, 0.3) is 22.2 Å². The summed E-state index contributed by atoms with van der Waals surface area (Å²) in [5.41, 5.74) is 5.17. The standard InChI is InChI=1S/C26H23N5O2/c1-16(32)18-9-6-10-20(13-18)24-23-25(27-15-28-26(23)31-30-24)29-21-14-19(11-12-22(21)33-2)17-7-4-3-5-8-17/h3-12,14-15,20H,13H2,1-2H3,(H2,27,28,29,30,31). The molecule has 0 saturated heterocycles. The van der Waals surface area contributed by atoms with Crippen molar-refractivity contribution in [1.29, 1.82) is 0 Å². The molecule has 0 aliphatic heterocycles. The number of hydrogen-bond acceptors (Lipinski definition) is 6. The number of aromatic amines is 1. The Morgan fingerprint density at radius 3 is 2.76 bits per heavy atom. The smallest absolute Gasteiger partial charge is 0.186 e. The van der Waals surface area contributed by atoms with Crippen LogP contribution in [0.15, 0.2) is 78.7 Å². The van der Waals surface area contributed by atoms with Gasteiger partial charge in [0.1, 0.15) is 17.9 Å². The summed E-state index contributed by atoms with van der Waals surface area (Å²) < 4.78 is 5.60. The third-order valence-corrected chi connectivity index (χ3v) is 5.84. The number of rotatable bonds is 6. The SMILES string of the molecule is COc1ccc(-c2ccccc2)cc1Nc1ncnc2n[nH]c(C3C=CC=C(C(C)=O)C3)c12. The Kier molecular flexibility index (Phi) is 5.44. The van der Waals surface area contributed by atoms with Crippen LogP contribution in [0.3, 0.4) is 0 Å². The lowest BCUT2D eigenvalue weighted by Crippen LogP contribution is -2.08. The Hall–Kier alpha value is -4.26. The van der Waals surface area contributed by atoms with Crippen LogP contribution < -0.4 is 10.1 Å². The maximum Gasteiger partial charge on any atom is 0.186 e. The van der Waals surface area contributed by atoms with Gasteiger partial charge in [-0.05, 0) is 42.2 Å². The molecule has 1 aliphatic rings. The number of carbonyl (C=O) groups is 1. The van der Waals surface area contributed by atoms with E-state index in [1.807, 2.05) is 48.6 Å². The maximum atomic E-state index is 11.9. The zero-order valence-corrected chi connectivity index (χ0v) is 18.4. The molecule has 1 atom stereocenters. The molecule has 2 aromatic heterocycles. The van der Waals surface area contributed by atoms with E-state index >= 15 is 0 Å². The number of ketones is 1. The third-order valence-electron chi connectivity index (χ3n) is 5.84. The molecule has 2 aromatic carbocycles. The number of methoxy groups -OCH3 is 1. The van der Waals surface area contributed by atoms with Crippen molar-refractivity contribution in [2.45, 2.75) is 19.3 Å². The Balaban J connectivity index is 1.55. The van der Waals surface area contributed by atoms with Gasteiger partial charge in [0.15, 0.2) is 11.4 Å². The van der Waals surface area contributed by atoms with Crippen molar-refractivity contribution in [1.82, 2.24) is 20.2 Å². The van der Waals surface area contributed by atoms with Gasteiger partial charge in [-0.1, -0.05) is 54.6 Å². The number of aromatic nitrogens is 4. The van der Waals surface area contributed by atoms with Crippen LogP contribution in [-0.2, 0) is 4.79 Å². The number of benzene rings is 2. The average Bonchev–Trinajstić information content (AvgIpc) is 3.30. The summed E-state index contributed by atoms with van der Waals surface area (Å²) >= 11 is 0. The molecular weight excluding hydrogens is 414 g/mol. The summed E-state index contributed by atoms with van der Waals surface area (Å²) in [5, 5.41) is 11.7.